The fourth-order valence-corrected chi connectivity index (χ4v) is 3.41. The van der Waals surface area contributed by atoms with Crippen molar-refractivity contribution in [3.63, 3.8) is 0 Å². The van der Waals surface area contributed by atoms with Crippen LogP contribution in [0.3, 0.4) is 0 Å². The predicted octanol–water partition coefficient (Wildman–Crippen LogP) is 6.13. The SMILES string of the molecule is CCCCCCCC[C@H](CCCCCC)c1[nH]cc[n+]1CC. The van der Waals surface area contributed by atoms with E-state index in [0.717, 1.165) is 12.5 Å². The molecule has 1 aromatic heterocycles. The molecule has 0 amide bonds. The molecule has 1 rings (SSSR count). The molecule has 0 spiro atoms. The fraction of sp³-hybridized carbons (Fsp3) is 0.850. The third-order valence-electron chi connectivity index (χ3n) is 4.83. The van der Waals surface area contributed by atoms with Gasteiger partial charge in [0.15, 0.2) is 0 Å². The van der Waals surface area contributed by atoms with Gasteiger partial charge in [-0.15, -0.1) is 0 Å². The first-order valence-electron chi connectivity index (χ1n) is 9.90. The monoisotopic (exact) mass is 307 g/mol. The number of nitrogens with one attached hydrogen (secondary N) is 1. The summed E-state index contributed by atoms with van der Waals surface area (Å²) in [5.74, 6) is 2.20. The third-order valence-corrected chi connectivity index (χ3v) is 4.83. The molecule has 0 aromatic carbocycles. The zero-order valence-electron chi connectivity index (χ0n) is 15.4. The maximum absolute atomic E-state index is 3.52. The first kappa shape index (κ1) is 19.3. The number of aryl methyl sites for hydroxylation is 1. The Balaban J connectivity index is 2.40. The molecule has 0 unspecified atom stereocenters. The van der Waals surface area contributed by atoms with Crippen LogP contribution in [-0.2, 0) is 6.54 Å². The highest BCUT2D eigenvalue weighted by Crippen LogP contribution is 2.25. The van der Waals surface area contributed by atoms with E-state index in [1.165, 1.54) is 82.9 Å². The van der Waals surface area contributed by atoms with Crippen molar-refractivity contribution in [3.8, 4) is 0 Å². The van der Waals surface area contributed by atoms with Crippen molar-refractivity contribution < 1.29 is 4.57 Å². The molecule has 1 aromatic rings. The summed E-state index contributed by atoms with van der Waals surface area (Å²) in [6, 6.07) is 0. The number of hydrogen-bond acceptors (Lipinski definition) is 0. The van der Waals surface area contributed by atoms with E-state index in [0.29, 0.717) is 0 Å². The van der Waals surface area contributed by atoms with Crippen LogP contribution in [0, 0.1) is 0 Å². The van der Waals surface area contributed by atoms with Gasteiger partial charge in [0.2, 0.25) is 0 Å². The smallest absolute Gasteiger partial charge is 0.247 e. The van der Waals surface area contributed by atoms with Gasteiger partial charge in [0.1, 0.15) is 12.4 Å². The van der Waals surface area contributed by atoms with Gasteiger partial charge >= 0.3 is 0 Å². The Kier molecular flexibility index (Phi) is 11.1. The second kappa shape index (κ2) is 12.7. The normalized spacial score (nSPS) is 12.7. The number of unbranched alkanes of at least 4 members (excludes halogenated alkanes) is 8. The van der Waals surface area contributed by atoms with E-state index >= 15 is 0 Å². The van der Waals surface area contributed by atoms with Crippen molar-refractivity contribution >= 4 is 0 Å². The average molecular weight is 308 g/mol. The van der Waals surface area contributed by atoms with Crippen LogP contribution in [0.4, 0.5) is 0 Å². The largest absolute Gasteiger partial charge is 0.257 e. The van der Waals surface area contributed by atoms with Crippen LogP contribution in [0.5, 0.6) is 0 Å². The van der Waals surface area contributed by atoms with E-state index in [2.05, 4.69) is 42.7 Å². The van der Waals surface area contributed by atoms with Gasteiger partial charge in [0, 0.05) is 0 Å². The second-order valence-corrected chi connectivity index (χ2v) is 6.73. The molecular weight excluding hydrogens is 268 g/mol. The van der Waals surface area contributed by atoms with E-state index in [4.69, 9.17) is 0 Å². The van der Waals surface area contributed by atoms with Gasteiger partial charge in [0.05, 0.1) is 12.5 Å². The Bertz CT molecular complexity index is 356. The number of aromatic amines is 1. The Morgan fingerprint density at radius 1 is 0.818 bits per heavy atom. The zero-order chi connectivity index (χ0) is 16.0. The van der Waals surface area contributed by atoms with Gasteiger partial charge in [-0.25, -0.2) is 9.55 Å². The van der Waals surface area contributed by atoms with Crippen molar-refractivity contribution in [2.24, 2.45) is 0 Å². The Morgan fingerprint density at radius 3 is 1.95 bits per heavy atom. The summed E-state index contributed by atoms with van der Waals surface area (Å²) in [4.78, 5) is 3.52. The van der Waals surface area contributed by atoms with Gasteiger partial charge < -0.3 is 0 Å². The van der Waals surface area contributed by atoms with Crippen LogP contribution in [-0.4, -0.2) is 4.98 Å². The fourth-order valence-electron chi connectivity index (χ4n) is 3.41. The van der Waals surface area contributed by atoms with E-state index in [1.807, 2.05) is 0 Å². The molecule has 0 fully saturated rings. The highest BCUT2D eigenvalue weighted by Gasteiger charge is 2.21. The molecule has 0 aliphatic rings. The average Bonchev–Trinajstić information content (AvgIpc) is 3.01. The maximum atomic E-state index is 3.52. The Labute approximate surface area is 138 Å². The molecule has 0 aliphatic heterocycles. The molecule has 2 nitrogen and oxygen atoms in total. The summed E-state index contributed by atoms with van der Waals surface area (Å²) < 4.78 is 2.40. The zero-order valence-corrected chi connectivity index (χ0v) is 15.4. The first-order valence-corrected chi connectivity index (χ1v) is 9.90. The van der Waals surface area contributed by atoms with E-state index in [-0.39, 0.29) is 0 Å². The highest BCUT2D eigenvalue weighted by molar-refractivity contribution is 4.89. The van der Waals surface area contributed by atoms with Crippen LogP contribution in [0.25, 0.3) is 0 Å². The number of nitrogens with zero attached hydrogens (tertiary/aromatic N) is 1. The van der Waals surface area contributed by atoms with Gasteiger partial charge in [-0.3, -0.25) is 0 Å². The molecule has 0 aliphatic carbocycles. The third kappa shape index (κ3) is 7.47. The van der Waals surface area contributed by atoms with E-state index < -0.39 is 0 Å². The lowest BCUT2D eigenvalue weighted by molar-refractivity contribution is -0.701. The highest BCUT2D eigenvalue weighted by atomic mass is 15.1. The molecule has 0 radical (unpaired) electrons. The molecule has 1 atom stereocenters. The number of imidazole rings is 1. The minimum absolute atomic E-state index is 0.734. The molecule has 2 heteroatoms. The summed E-state index contributed by atoms with van der Waals surface area (Å²) >= 11 is 0. The topological polar surface area (TPSA) is 19.7 Å². The lowest BCUT2D eigenvalue weighted by Gasteiger charge is -2.13. The summed E-state index contributed by atoms with van der Waals surface area (Å²) in [7, 11) is 0. The maximum Gasteiger partial charge on any atom is 0.257 e. The number of aromatic nitrogens is 2. The summed E-state index contributed by atoms with van der Waals surface area (Å²) in [5.41, 5.74) is 0. The van der Waals surface area contributed by atoms with E-state index in [1.54, 1.807) is 0 Å². The lowest BCUT2D eigenvalue weighted by atomic mass is 9.93. The van der Waals surface area contributed by atoms with Gasteiger partial charge in [-0.2, -0.15) is 0 Å². The molecule has 0 bridgehead atoms. The second-order valence-electron chi connectivity index (χ2n) is 6.73. The first-order chi connectivity index (χ1) is 10.8. The van der Waals surface area contributed by atoms with E-state index in [9.17, 15) is 0 Å². The number of hydrogen-bond donors (Lipinski definition) is 1. The van der Waals surface area contributed by atoms with Gasteiger partial charge in [-0.1, -0.05) is 78.1 Å². The Morgan fingerprint density at radius 2 is 1.36 bits per heavy atom. The minimum atomic E-state index is 0.734. The molecule has 1 heterocycles. The number of H-pyrrole nitrogens is 1. The van der Waals surface area contributed by atoms with Crippen molar-refractivity contribution in [1.29, 1.82) is 0 Å². The predicted molar refractivity (Wildman–Crippen MR) is 96.2 cm³/mol. The van der Waals surface area contributed by atoms with Crippen molar-refractivity contribution in [3.05, 3.63) is 18.2 Å². The van der Waals surface area contributed by atoms with Crippen molar-refractivity contribution in [2.45, 2.75) is 110 Å². The summed E-state index contributed by atoms with van der Waals surface area (Å²) in [6.07, 6.45) is 21.0. The number of rotatable bonds is 14. The molecule has 1 N–H and O–H groups in total. The van der Waals surface area contributed by atoms with Crippen LogP contribution >= 0.6 is 0 Å². The van der Waals surface area contributed by atoms with Crippen LogP contribution < -0.4 is 4.57 Å². The molecule has 22 heavy (non-hydrogen) atoms. The lowest BCUT2D eigenvalue weighted by Crippen LogP contribution is -2.36. The Hall–Kier alpha value is -0.790. The van der Waals surface area contributed by atoms with Crippen LogP contribution in [0.1, 0.15) is 110 Å². The molecule has 128 valence electrons. The van der Waals surface area contributed by atoms with Crippen LogP contribution in [0.2, 0.25) is 0 Å². The quantitative estimate of drug-likeness (QED) is 0.315. The standard InChI is InChI=1S/C20H38N2/c1-4-7-9-11-12-14-16-19(15-13-10-8-5-2)20-21-17-18-22(20)6-3/h17-19H,4-16H2,1-3H3/p+1/t19-/m0/s1. The molecule has 0 saturated heterocycles. The summed E-state index contributed by atoms with van der Waals surface area (Å²) in [5, 5.41) is 0. The summed E-state index contributed by atoms with van der Waals surface area (Å²) in [6.45, 7) is 7.92. The van der Waals surface area contributed by atoms with Gasteiger partial charge in [0.25, 0.3) is 5.82 Å². The van der Waals surface area contributed by atoms with Crippen molar-refractivity contribution in [1.82, 2.24) is 4.98 Å². The molecule has 0 saturated carbocycles. The molecular formula is C20H39N2+. The van der Waals surface area contributed by atoms with Crippen LogP contribution in [0.15, 0.2) is 12.4 Å². The van der Waals surface area contributed by atoms with Gasteiger partial charge in [-0.05, 0) is 19.8 Å². The van der Waals surface area contributed by atoms with Crippen molar-refractivity contribution in [2.75, 3.05) is 0 Å². The minimum Gasteiger partial charge on any atom is -0.247 e.